The third-order valence-electron chi connectivity index (χ3n) is 5.91. The fraction of sp³-hybridized carbons (Fsp3) is 0.148. The molecule has 186 valence electrons. The minimum Gasteiger partial charge on any atom is -0.497 e. The van der Waals surface area contributed by atoms with E-state index in [0.717, 1.165) is 33.7 Å². The lowest BCUT2D eigenvalue weighted by Crippen LogP contribution is -2.19. The van der Waals surface area contributed by atoms with E-state index in [4.69, 9.17) is 20.2 Å². The summed E-state index contributed by atoms with van der Waals surface area (Å²) in [5, 5.41) is 4.23. The van der Waals surface area contributed by atoms with Gasteiger partial charge < -0.3 is 20.1 Å². The maximum atomic E-state index is 11.8. The number of methoxy groups -OCH3 is 2. The SMILES string of the molecule is COc1cc(OC)cc(N(Cc2cc(C(N)=O)ccn2)c2ccc3ncc(-c4cnn(C)c4)nc3c2)c1. The number of carbonyl (C=O) groups is 1. The normalized spacial score (nSPS) is 10.9. The van der Waals surface area contributed by atoms with Crippen LogP contribution < -0.4 is 20.1 Å². The van der Waals surface area contributed by atoms with Gasteiger partial charge in [0.25, 0.3) is 0 Å². The predicted octanol–water partition coefficient (Wildman–Crippen LogP) is 3.88. The molecule has 3 aromatic heterocycles. The van der Waals surface area contributed by atoms with Gasteiger partial charge in [-0.25, -0.2) is 4.98 Å². The largest absolute Gasteiger partial charge is 0.497 e. The number of rotatable bonds is 8. The average molecular weight is 496 g/mol. The number of primary amides is 1. The first-order valence-corrected chi connectivity index (χ1v) is 11.4. The summed E-state index contributed by atoms with van der Waals surface area (Å²) in [6.45, 7) is 0.346. The summed E-state index contributed by atoms with van der Waals surface area (Å²) in [6, 6.07) is 14.7. The number of fused-ring (bicyclic) bond motifs is 1. The third-order valence-corrected chi connectivity index (χ3v) is 5.91. The molecule has 0 atom stereocenters. The number of ether oxygens (including phenoxy) is 2. The number of amides is 1. The third kappa shape index (κ3) is 5.03. The lowest BCUT2D eigenvalue weighted by atomic mass is 10.1. The van der Waals surface area contributed by atoms with Gasteiger partial charge in [-0.05, 0) is 30.3 Å². The van der Waals surface area contributed by atoms with E-state index in [0.29, 0.717) is 29.3 Å². The number of anilines is 2. The van der Waals surface area contributed by atoms with Crippen molar-refractivity contribution in [3.63, 3.8) is 0 Å². The molecular formula is C27H25N7O3. The molecule has 0 bridgehead atoms. The van der Waals surface area contributed by atoms with Crippen LogP contribution in [0, 0.1) is 0 Å². The summed E-state index contributed by atoms with van der Waals surface area (Å²) in [6.07, 6.45) is 6.96. The summed E-state index contributed by atoms with van der Waals surface area (Å²) in [4.78, 5) is 27.7. The number of aromatic nitrogens is 5. The van der Waals surface area contributed by atoms with E-state index in [1.54, 1.807) is 55.7 Å². The summed E-state index contributed by atoms with van der Waals surface area (Å²) in [5.41, 5.74) is 11.3. The number of benzene rings is 2. The average Bonchev–Trinajstić information content (AvgIpc) is 3.37. The molecule has 37 heavy (non-hydrogen) atoms. The number of carbonyl (C=O) groups excluding carboxylic acids is 1. The molecular weight excluding hydrogens is 470 g/mol. The maximum absolute atomic E-state index is 11.8. The molecule has 0 fully saturated rings. The molecule has 0 spiro atoms. The number of hydrogen-bond donors (Lipinski definition) is 1. The van der Waals surface area contributed by atoms with Crippen molar-refractivity contribution in [2.45, 2.75) is 6.54 Å². The second-order valence-corrected chi connectivity index (χ2v) is 8.39. The highest BCUT2D eigenvalue weighted by molar-refractivity contribution is 5.92. The van der Waals surface area contributed by atoms with E-state index in [-0.39, 0.29) is 0 Å². The quantitative estimate of drug-likeness (QED) is 0.344. The van der Waals surface area contributed by atoms with Crippen molar-refractivity contribution in [2.24, 2.45) is 12.8 Å². The molecule has 10 nitrogen and oxygen atoms in total. The van der Waals surface area contributed by atoms with Crippen molar-refractivity contribution in [1.29, 1.82) is 0 Å². The molecule has 0 aliphatic carbocycles. The van der Waals surface area contributed by atoms with Gasteiger partial charge in [0.05, 0.1) is 55.6 Å². The van der Waals surface area contributed by atoms with E-state index in [9.17, 15) is 4.79 Å². The first-order valence-electron chi connectivity index (χ1n) is 11.4. The predicted molar refractivity (Wildman–Crippen MR) is 140 cm³/mol. The molecule has 0 saturated carbocycles. The summed E-state index contributed by atoms with van der Waals surface area (Å²) in [5.74, 6) is 0.762. The zero-order valence-electron chi connectivity index (χ0n) is 20.6. The van der Waals surface area contributed by atoms with Crippen LogP contribution in [-0.2, 0) is 13.6 Å². The Labute approximate surface area is 213 Å². The molecule has 0 aliphatic rings. The zero-order valence-corrected chi connectivity index (χ0v) is 20.6. The Hall–Kier alpha value is -4.99. The standard InChI is InChI=1S/C27H25N7O3/c1-33-15-18(13-31-33)26-14-30-24-5-4-20(11-25(24)32-26)34(16-19-8-17(27(28)35)6-7-29-19)21-9-22(36-2)12-23(10-21)37-3/h4-15H,16H2,1-3H3,(H2,28,35). The molecule has 0 unspecified atom stereocenters. The molecule has 0 saturated heterocycles. The van der Waals surface area contributed by atoms with Crippen molar-refractivity contribution < 1.29 is 14.3 Å². The minimum atomic E-state index is -0.512. The Balaban J connectivity index is 1.63. The van der Waals surface area contributed by atoms with Crippen LogP contribution in [-0.4, -0.2) is 44.9 Å². The molecule has 5 rings (SSSR count). The van der Waals surface area contributed by atoms with Gasteiger partial charge in [-0.1, -0.05) is 0 Å². The van der Waals surface area contributed by atoms with Crippen molar-refractivity contribution in [3.05, 3.63) is 84.6 Å². The maximum Gasteiger partial charge on any atom is 0.248 e. The number of pyridine rings is 1. The van der Waals surface area contributed by atoms with Crippen molar-refractivity contribution in [2.75, 3.05) is 19.1 Å². The Morgan fingerprint density at radius 3 is 2.41 bits per heavy atom. The van der Waals surface area contributed by atoms with E-state index in [1.165, 1.54) is 0 Å². The molecule has 2 aromatic carbocycles. The molecule has 3 heterocycles. The Bertz CT molecular complexity index is 1580. The van der Waals surface area contributed by atoms with E-state index in [1.807, 2.05) is 48.5 Å². The van der Waals surface area contributed by atoms with Gasteiger partial charge in [0.1, 0.15) is 11.5 Å². The fourth-order valence-electron chi connectivity index (χ4n) is 4.02. The van der Waals surface area contributed by atoms with Gasteiger partial charge in [0.15, 0.2) is 0 Å². The first kappa shape index (κ1) is 23.7. The topological polar surface area (TPSA) is 121 Å². The summed E-state index contributed by atoms with van der Waals surface area (Å²) >= 11 is 0. The van der Waals surface area contributed by atoms with E-state index < -0.39 is 5.91 Å². The molecule has 0 aliphatic heterocycles. The Morgan fingerprint density at radius 2 is 1.73 bits per heavy atom. The van der Waals surface area contributed by atoms with Crippen LogP contribution in [0.25, 0.3) is 22.3 Å². The van der Waals surface area contributed by atoms with Gasteiger partial charge in [0.2, 0.25) is 5.91 Å². The minimum absolute atomic E-state index is 0.346. The van der Waals surface area contributed by atoms with E-state index >= 15 is 0 Å². The van der Waals surface area contributed by atoms with Gasteiger partial charge in [-0.3, -0.25) is 19.4 Å². The lowest BCUT2D eigenvalue weighted by molar-refractivity contribution is 0.1000. The second-order valence-electron chi connectivity index (χ2n) is 8.39. The summed E-state index contributed by atoms with van der Waals surface area (Å²) in [7, 11) is 5.07. The fourth-order valence-corrected chi connectivity index (χ4v) is 4.02. The van der Waals surface area contributed by atoms with Gasteiger partial charge in [-0.15, -0.1) is 0 Å². The van der Waals surface area contributed by atoms with Crippen molar-refractivity contribution in [3.8, 4) is 22.8 Å². The second kappa shape index (κ2) is 9.94. The van der Waals surface area contributed by atoms with Crippen LogP contribution in [0.5, 0.6) is 11.5 Å². The van der Waals surface area contributed by atoms with Crippen LogP contribution in [0.3, 0.4) is 0 Å². The van der Waals surface area contributed by atoms with Crippen LogP contribution >= 0.6 is 0 Å². The van der Waals surface area contributed by atoms with Crippen molar-refractivity contribution >= 4 is 28.3 Å². The highest BCUT2D eigenvalue weighted by Gasteiger charge is 2.16. The number of nitrogens with zero attached hydrogens (tertiary/aromatic N) is 6. The highest BCUT2D eigenvalue weighted by Crippen LogP contribution is 2.35. The molecule has 5 aromatic rings. The van der Waals surface area contributed by atoms with Gasteiger partial charge in [-0.2, -0.15) is 5.10 Å². The van der Waals surface area contributed by atoms with Crippen LogP contribution in [0.1, 0.15) is 16.1 Å². The Kier molecular flexibility index (Phi) is 6.38. The highest BCUT2D eigenvalue weighted by atomic mass is 16.5. The van der Waals surface area contributed by atoms with Crippen LogP contribution in [0.4, 0.5) is 11.4 Å². The molecule has 2 N–H and O–H groups in total. The van der Waals surface area contributed by atoms with E-state index in [2.05, 4.69) is 15.1 Å². The molecule has 10 heteroatoms. The molecule has 0 radical (unpaired) electrons. The first-order chi connectivity index (χ1) is 17.9. The monoisotopic (exact) mass is 495 g/mol. The number of aryl methyl sites for hydroxylation is 1. The van der Waals surface area contributed by atoms with Crippen LogP contribution in [0.2, 0.25) is 0 Å². The van der Waals surface area contributed by atoms with Crippen molar-refractivity contribution in [1.82, 2.24) is 24.7 Å². The van der Waals surface area contributed by atoms with Gasteiger partial charge >= 0.3 is 0 Å². The van der Waals surface area contributed by atoms with Gasteiger partial charge in [0, 0.05) is 60.1 Å². The smallest absolute Gasteiger partial charge is 0.248 e. The lowest BCUT2D eigenvalue weighted by Gasteiger charge is -2.26. The van der Waals surface area contributed by atoms with Crippen LogP contribution in [0.15, 0.2) is 73.3 Å². The summed E-state index contributed by atoms with van der Waals surface area (Å²) < 4.78 is 12.7. The number of nitrogens with two attached hydrogens (primary N) is 1. The molecule has 1 amide bonds. The number of hydrogen-bond acceptors (Lipinski definition) is 8. The zero-order chi connectivity index (χ0) is 25.9. The Morgan fingerprint density at radius 1 is 0.946 bits per heavy atom.